The van der Waals surface area contributed by atoms with Crippen molar-refractivity contribution >= 4 is 17.8 Å². The third-order valence-corrected chi connectivity index (χ3v) is 0.929. The zero-order chi connectivity index (χ0) is 5.11. The summed E-state index contributed by atoms with van der Waals surface area (Å²) in [5.74, 6) is 0. The van der Waals surface area contributed by atoms with Gasteiger partial charge in [-0.3, -0.25) is 0 Å². The van der Waals surface area contributed by atoms with E-state index in [-0.39, 0.29) is 0 Å². The smallest absolute Gasteiger partial charge is 0.0687 e. The van der Waals surface area contributed by atoms with E-state index in [1.165, 1.54) is 0 Å². The van der Waals surface area contributed by atoms with Crippen LogP contribution in [0.15, 0.2) is 16.2 Å². The number of hydrogen-bond donors (Lipinski definition) is 1. The summed E-state index contributed by atoms with van der Waals surface area (Å²) in [4.78, 5) is 0. The molecule has 0 saturated carbocycles. The maximum Gasteiger partial charge on any atom is 0.0687 e. The van der Waals surface area contributed by atoms with Gasteiger partial charge in [0.25, 0.3) is 0 Å². The number of hydrazone groups is 1. The lowest BCUT2D eigenvalue weighted by Gasteiger charge is -1.99. The molecule has 1 heterocycles. The Bertz CT molecular complexity index is 117. The van der Waals surface area contributed by atoms with Crippen LogP contribution in [0.2, 0.25) is 0 Å². The van der Waals surface area contributed by atoms with Crippen molar-refractivity contribution in [1.82, 2.24) is 5.43 Å². The quantitative estimate of drug-likeness (QED) is 0.495. The number of hydrogen-bond acceptors (Lipinski definition) is 2. The Labute approximate surface area is 46.9 Å². The molecule has 38 valence electrons. The van der Waals surface area contributed by atoms with Crippen molar-refractivity contribution in [3.8, 4) is 0 Å². The molecular weight excluding hydrogens is 112 g/mol. The second kappa shape index (κ2) is 1.98. The van der Waals surface area contributed by atoms with Gasteiger partial charge < -0.3 is 5.43 Å². The lowest BCUT2D eigenvalue weighted by molar-refractivity contribution is 0.815. The summed E-state index contributed by atoms with van der Waals surface area (Å²) in [6.45, 7) is 0.665. The second-order valence-electron chi connectivity index (χ2n) is 1.23. The van der Waals surface area contributed by atoms with Crippen molar-refractivity contribution in [2.75, 3.05) is 6.54 Å². The summed E-state index contributed by atoms with van der Waals surface area (Å²) in [5.41, 5.74) is 2.70. The monoisotopic (exact) mass is 116 g/mol. The van der Waals surface area contributed by atoms with Gasteiger partial charge in [0.05, 0.1) is 6.54 Å². The van der Waals surface area contributed by atoms with Crippen molar-refractivity contribution in [2.45, 2.75) is 0 Å². The topological polar surface area (TPSA) is 24.4 Å². The Morgan fingerprint density at radius 2 is 2.71 bits per heavy atom. The predicted octanol–water partition coefficient (Wildman–Crippen LogP) is 0.698. The maximum atomic E-state index is 5.52. The molecule has 0 aromatic heterocycles. The molecule has 0 radical (unpaired) electrons. The van der Waals surface area contributed by atoms with Gasteiger partial charge in [-0.2, -0.15) is 5.10 Å². The van der Waals surface area contributed by atoms with Crippen LogP contribution < -0.4 is 5.43 Å². The van der Waals surface area contributed by atoms with Crippen LogP contribution in [0.1, 0.15) is 0 Å². The first-order valence-corrected chi connectivity index (χ1v) is 2.38. The third-order valence-electron chi connectivity index (χ3n) is 0.669. The van der Waals surface area contributed by atoms with Crippen LogP contribution in [0.3, 0.4) is 0 Å². The highest BCUT2D eigenvalue weighted by Gasteiger charge is 1.90. The fraction of sp³-hybridized carbons (Fsp3) is 0.250. The van der Waals surface area contributed by atoms with Gasteiger partial charge in [0.1, 0.15) is 0 Å². The Balaban J connectivity index is 2.57. The van der Waals surface area contributed by atoms with E-state index in [0.717, 1.165) is 5.03 Å². The van der Waals surface area contributed by atoms with Gasteiger partial charge in [-0.1, -0.05) is 11.6 Å². The molecule has 1 N–H and O–H groups in total. The van der Waals surface area contributed by atoms with E-state index in [1.807, 2.05) is 0 Å². The molecule has 1 aliphatic rings. The fourth-order valence-electron chi connectivity index (χ4n) is 0.351. The average molecular weight is 117 g/mol. The average Bonchev–Trinajstić information content (AvgIpc) is 1.69. The highest BCUT2D eigenvalue weighted by atomic mass is 35.5. The van der Waals surface area contributed by atoms with Crippen LogP contribution in [-0.4, -0.2) is 12.8 Å². The molecule has 0 saturated heterocycles. The minimum atomic E-state index is 0.665. The lowest BCUT2D eigenvalue weighted by atomic mass is 10.5. The normalized spacial score (nSPS) is 18.1. The maximum absolute atomic E-state index is 5.52. The molecular formula is C4H5ClN2. The molecule has 0 fully saturated rings. The summed E-state index contributed by atoms with van der Waals surface area (Å²) >= 11 is 5.52. The molecule has 0 aliphatic carbocycles. The standard InChI is InChI=1S/C4H5ClN2/c5-4-1-2-6-7-3-4/h1-2,7H,3H2. The zero-order valence-corrected chi connectivity index (χ0v) is 4.44. The predicted molar refractivity (Wildman–Crippen MR) is 30.4 cm³/mol. The molecule has 0 spiro atoms. The first-order chi connectivity index (χ1) is 3.39. The number of allylic oxidation sites excluding steroid dienone is 1. The molecule has 1 rings (SSSR count). The van der Waals surface area contributed by atoms with Gasteiger partial charge in [-0.25, -0.2) is 0 Å². The highest BCUT2D eigenvalue weighted by Crippen LogP contribution is 1.98. The van der Waals surface area contributed by atoms with E-state index in [1.54, 1.807) is 12.3 Å². The molecule has 0 unspecified atom stereocenters. The van der Waals surface area contributed by atoms with E-state index in [4.69, 9.17) is 11.6 Å². The van der Waals surface area contributed by atoms with E-state index < -0.39 is 0 Å². The molecule has 7 heavy (non-hydrogen) atoms. The van der Waals surface area contributed by atoms with Gasteiger partial charge in [-0.05, 0) is 6.08 Å². The molecule has 1 aliphatic heterocycles. The first kappa shape index (κ1) is 4.65. The van der Waals surface area contributed by atoms with Crippen molar-refractivity contribution in [3.63, 3.8) is 0 Å². The molecule has 0 aromatic rings. The summed E-state index contributed by atoms with van der Waals surface area (Å²) in [6.07, 6.45) is 3.39. The minimum absolute atomic E-state index is 0.665. The van der Waals surface area contributed by atoms with Crippen LogP contribution in [0.25, 0.3) is 0 Å². The molecule has 0 atom stereocenters. The van der Waals surface area contributed by atoms with Gasteiger partial charge in [0.2, 0.25) is 0 Å². The molecule has 3 heteroatoms. The molecule has 2 nitrogen and oxygen atoms in total. The summed E-state index contributed by atoms with van der Waals surface area (Å²) < 4.78 is 0. The number of nitrogens with zero attached hydrogens (tertiary/aromatic N) is 1. The van der Waals surface area contributed by atoms with Gasteiger partial charge >= 0.3 is 0 Å². The fourth-order valence-corrected chi connectivity index (χ4v) is 0.467. The zero-order valence-electron chi connectivity index (χ0n) is 3.69. The Morgan fingerprint density at radius 1 is 1.86 bits per heavy atom. The van der Waals surface area contributed by atoms with Crippen LogP contribution in [0, 0.1) is 0 Å². The molecule has 0 aromatic carbocycles. The largest absolute Gasteiger partial charge is 0.305 e. The van der Waals surface area contributed by atoms with Crippen LogP contribution in [0.5, 0.6) is 0 Å². The first-order valence-electron chi connectivity index (χ1n) is 2.00. The minimum Gasteiger partial charge on any atom is -0.305 e. The second-order valence-corrected chi connectivity index (χ2v) is 1.71. The highest BCUT2D eigenvalue weighted by molar-refractivity contribution is 6.30. The van der Waals surface area contributed by atoms with Crippen molar-refractivity contribution in [1.29, 1.82) is 0 Å². The van der Waals surface area contributed by atoms with Crippen molar-refractivity contribution in [3.05, 3.63) is 11.1 Å². The summed E-state index contributed by atoms with van der Waals surface area (Å²) in [7, 11) is 0. The van der Waals surface area contributed by atoms with Crippen LogP contribution in [0.4, 0.5) is 0 Å². The Hall–Kier alpha value is -0.500. The van der Waals surface area contributed by atoms with Gasteiger partial charge in [0.15, 0.2) is 0 Å². The van der Waals surface area contributed by atoms with E-state index in [2.05, 4.69) is 10.5 Å². The van der Waals surface area contributed by atoms with Crippen LogP contribution in [-0.2, 0) is 0 Å². The number of rotatable bonds is 0. The number of halogens is 1. The van der Waals surface area contributed by atoms with E-state index >= 15 is 0 Å². The van der Waals surface area contributed by atoms with E-state index in [9.17, 15) is 0 Å². The number of nitrogens with one attached hydrogen (secondary N) is 1. The SMILES string of the molecule is ClC1=CC=NNC1. The third kappa shape index (κ3) is 1.20. The van der Waals surface area contributed by atoms with Crippen molar-refractivity contribution in [2.24, 2.45) is 5.10 Å². The summed E-state index contributed by atoms with van der Waals surface area (Å²) in [6, 6.07) is 0. The summed E-state index contributed by atoms with van der Waals surface area (Å²) in [5, 5.41) is 4.49. The van der Waals surface area contributed by atoms with Crippen molar-refractivity contribution < 1.29 is 0 Å². The van der Waals surface area contributed by atoms with Gasteiger partial charge in [-0.15, -0.1) is 0 Å². The Kier molecular flexibility index (Phi) is 1.32. The van der Waals surface area contributed by atoms with Crippen LogP contribution >= 0.6 is 11.6 Å². The molecule has 0 bridgehead atoms. The van der Waals surface area contributed by atoms with Gasteiger partial charge in [0, 0.05) is 11.2 Å². The molecule has 0 amide bonds. The lowest BCUT2D eigenvalue weighted by Crippen LogP contribution is -2.10. The Morgan fingerprint density at radius 3 is 3.00 bits per heavy atom. The van der Waals surface area contributed by atoms with E-state index in [0.29, 0.717) is 6.54 Å².